The van der Waals surface area contributed by atoms with Gasteiger partial charge in [0.15, 0.2) is 0 Å². The first-order valence-electron chi connectivity index (χ1n) is 8.09. The van der Waals surface area contributed by atoms with Crippen LogP contribution in [0.25, 0.3) is 16.6 Å². The molecule has 0 aliphatic carbocycles. The largest absolute Gasteiger partial charge is 0.320 e. The summed E-state index contributed by atoms with van der Waals surface area (Å²) < 4.78 is 1.71. The standard InChI is InChI=1S/C20H15ClN4O/c1-13-16(12-14-11-15(21)7-8-17(14)23-13)20(26)24-18-5-2-3-6-19(18)25-10-4-9-22-25/h2-12H,1H3,(H,24,26). The average molecular weight is 363 g/mol. The second-order valence-corrected chi connectivity index (χ2v) is 6.32. The number of carbonyl (C=O) groups excluding carboxylic acids is 1. The van der Waals surface area contributed by atoms with Gasteiger partial charge in [-0.25, -0.2) is 4.68 Å². The van der Waals surface area contributed by atoms with Crippen molar-refractivity contribution in [3.05, 3.63) is 83.3 Å². The molecular formula is C20H15ClN4O. The van der Waals surface area contributed by atoms with Gasteiger partial charge in [-0.1, -0.05) is 23.7 Å². The number of rotatable bonds is 3. The van der Waals surface area contributed by atoms with Gasteiger partial charge in [-0.3, -0.25) is 9.78 Å². The fourth-order valence-corrected chi connectivity index (χ4v) is 3.03. The number of benzene rings is 2. The molecule has 0 saturated heterocycles. The van der Waals surface area contributed by atoms with Crippen molar-refractivity contribution in [1.29, 1.82) is 0 Å². The predicted molar refractivity (Wildman–Crippen MR) is 103 cm³/mol. The molecule has 0 saturated carbocycles. The van der Waals surface area contributed by atoms with Gasteiger partial charge >= 0.3 is 0 Å². The molecule has 128 valence electrons. The Hall–Kier alpha value is -3.18. The van der Waals surface area contributed by atoms with Crippen molar-refractivity contribution in [3.8, 4) is 5.69 Å². The van der Waals surface area contributed by atoms with Crippen LogP contribution in [-0.2, 0) is 0 Å². The van der Waals surface area contributed by atoms with Crippen molar-refractivity contribution in [3.63, 3.8) is 0 Å². The highest BCUT2D eigenvalue weighted by Gasteiger charge is 2.14. The van der Waals surface area contributed by atoms with E-state index in [0.717, 1.165) is 16.6 Å². The van der Waals surface area contributed by atoms with E-state index in [4.69, 9.17) is 11.6 Å². The van der Waals surface area contributed by atoms with E-state index in [9.17, 15) is 4.79 Å². The Morgan fingerprint density at radius 3 is 2.77 bits per heavy atom. The Bertz CT molecular complexity index is 1110. The van der Waals surface area contributed by atoms with E-state index in [1.54, 1.807) is 23.0 Å². The second-order valence-electron chi connectivity index (χ2n) is 5.88. The summed E-state index contributed by atoms with van der Waals surface area (Å²) in [6.45, 7) is 1.82. The Morgan fingerprint density at radius 2 is 1.96 bits per heavy atom. The monoisotopic (exact) mass is 362 g/mol. The summed E-state index contributed by atoms with van der Waals surface area (Å²) in [4.78, 5) is 17.4. The number of carbonyl (C=O) groups is 1. The number of anilines is 1. The maximum absolute atomic E-state index is 12.9. The van der Waals surface area contributed by atoms with E-state index in [0.29, 0.717) is 22.0 Å². The molecule has 0 radical (unpaired) electrons. The summed E-state index contributed by atoms with van der Waals surface area (Å²) in [5, 5.41) is 8.63. The van der Waals surface area contributed by atoms with Gasteiger partial charge in [0.25, 0.3) is 5.91 Å². The minimum Gasteiger partial charge on any atom is -0.320 e. The molecular weight excluding hydrogens is 348 g/mol. The lowest BCUT2D eigenvalue weighted by Crippen LogP contribution is -2.16. The third-order valence-electron chi connectivity index (χ3n) is 4.12. The zero-order valence-corrected chi connectivity index (χ0v) is 14.7. The van der Waals surface area contributed by atoms with Crippen molar-refractivity contribution in [1.82, 2.24) is 14.8 Å². The highest BCUT2D eigenvalue weighted by molar-refractivity contribution is 6.31. The van der Waals surface area contributed by atoms with Crippen LogP contribution < -0.4 is 5.32 Å². The molecule has 0 aliphatic heterocycles. The lowest BCUT2D eigenvalue weighted by Gasteiger charge is -2.12. The van der Waals surface area contributed by atoms with Gasteiger partial charge in [0.2, 0.25) is 0 Å². The van der Waals surface area contributed by atoms with Crippen molar-refractivity contribution in [2.45, 2.75) is 6.92 Å². The summed E-state index contributed by atoms with van der Waals surface area (Å²) in [5.41, 5.74) is 3.44. The molecule has 0 spiro atoms. The number of amides is 1. The first-order chi connectivity index (χ1) is 12.6. The first kappa shape index (κ1) is 16.3. The molecule has 26 heavy (non-hydrogen) atoms. The maximum atomic E-state index is 12.9. The molecule has 2 aromatic carbocycles. The van der Waals surface area contributed by atoms with Gasteiger partial charge in [-0.15, -0.1) is 0 Å². The van der Waals surface area contributed by atoms with Crippen LogP contribution in [0.15, 0.2) is 67.0 Å². The van der Waals surface area contributed by atoms with Gasteiger partial charge in [0, 0.05) is 22.8 Å². The predicted octanol–water partition coefficient (Wildman–Crippen LogP) is 4.63. The normalized spacial score (nSPS) is 10.8. The zero-order valence-electron chi connectivity index (χ0n) is 14.0. The molecule has 4 rings (SSSR count). The highest BCUT2D eigenvalue weighted by Crippen LogP contribution is 2.23. The molecule has 0 bridgehead atoms. The summed E-state index contributed by atoms with van der Waals surface area (Å²) in [7, 11) is 0. The molecule has 1 amide bonds. The molecule has 6 heteroatoms. The molecule has 2 heterocycles. The topological polar surface area (TPSA) is 59.8 Å². The number of para-hydroxylation sites is 2. The molecule has 0 atom stereocenters. The molecule has 0 fully saturated rings. The quantitative estimate of drug-likeness (QED) is 0.577. The Kier molecular flexibility index (Phi) is 4.14. The van der Waals surface area contributed by atoms with Crippen LogP contribution in [0.4, 0.5) is 5.69 Å². The van der Waals surface area contributed by atoms with E-state index in [1.807, 2.05) is 55.6 Å². The van der Waals surface area contributed by atoms with Crippen molar-refractivity contribution in [2.75, 3.05) is 5.32 Å². The number of fused-ring (bicyclic) bond motifs is 1. The van der Waals surface area contributed by atoms with Crippen molar-refractivity contribution < 1.29 is 4.79 Å². The molecule has 1 N–H and O–H groups in total. The van der Waals surface area contributed by atoms with E-state index in [-0.39, 0.29) is 5.91 Å². The fraction of sp³-hybridized carbons (Fsp3) is 0.0500. The zero-order chi connectivity index (χ0) is 18.1. The number of nitrogens with zero attached hydrogens (tertiary/aromatic N) is 3. The first-order valence-corrected chi connectivity index (χ1v) is 8.47. The number of pyridine rings is 1. The third kappa shape index (κ3) is 3.05. The van der Waals surface area contributed by atoms with E-state index in [2.05, 4.69) is 15.4 Å². The Balaban J connectivity index is 1.72. The molecule has 0 aliphatic rings. The van der Waals surface area contributed by atoms with Gasteiger partial charge < -0.3 is 5.32 Å². The van der Waals surface area contributed by atoms with Crippen LogP contribution in [0.1, 0.15) is 16.1 Å². The summed E-state index contributed by atoms with van der Waals surface area (Å²) in [6.07, 6.45) is 3.52. The third-order valence-corrected chi connectivity index (χ3v) is 4.35. The molecule has 2 aromatic heterocycles. The Labute approximate surface area is 155 Å². The smallest absolute Gasteiger partial charge is 0.257 e. The number of aromatic nitrogens is 3. The fourth-order valence-electron chi connectivity index (χ4n) is 2.85. The number of hydrogen-bond donors (Lipinski definition) is 1. The van der Waals surface area contributed by atoms with Crippen LogP contribution in [-0.4, -0.2) is 20.7 Å². The van der Waals surface area contributed by atoms with Crippen LogP contribution in [0.3, 0.4) is 0 Å². The number of nitrogens with one attached hydrogen (secondary N) is 1. The molecule has 0 unspecified atom stereocenters. The summed E-state index contributed by atoms with van der Waals surface area (Å²) >= 11 is 6.06. The van der Waals surface area contributed by atoms with Gasteiger partial charge in [-0.2, -0.15) is 5.10 Å². The van der Waals surface area contributed by atoms with E-state index < -0.39 is 0 Å². The molecule has 5 nitrogen and oxygen atoms in total. The van der Waals surface area contributed by atoms with Crippen LogP contribution in [0.2, 0.25) is 5.02 Å². The molecule has 4 aromatic rings. The Morgan fingerprint density at radius 1 is 1.12 bits per heavy atom. The lowest BCUT2D eigenvalue weighted by atomic mass is 10.1. The number of hydrogen-bond acceptors (Lipinski definition) is 3. The van der Waals surface area contributed by atoms with E-state index in [1.165, 1.54) is 0 Å². The minimum atomic E-state index is -0.225. The lowest BCUT2D eigenvalue weighted by molar-refractivity contribution is 0.102. The van der Waals surface area contributed by atoms with Gasteiger partial charge in [-0.05, 0) is 49.4 Å². The van der Waals surface area contributed by atoms with Crippen LogP contribution >= 0.6 is 11.6 Å². The number of halogens is 1. The van der Waals surface area contributed by atoms with Gasteiger partial charge in [0.05, 0.1) is 28.1 Å². The average Bonchev–Trinajstić information content (AvgIpc) is 3.16. The SMILES string of the molecule is Cc1nc2ccc(Cl)cc2cc1C(=O)Nc1ccccc1-n1cccn1. The van der Waals surface area contributed by atoms with Crippen molar-refractivity contribution in [2.24, 2.45) is 0 Å². The van der Waals surface area contributed by atoms with Crippen LogP contribution in [0.5, 0.6) is 0 Å². The summed E-state index contributed by atoms with van der Waals surface area (Å²) in [6, 6.07) is 16.6. The highest BCUT2D eigenvalue weighted by atomic mass is 35.5. The minimum absolute atomic E-state index is 0.225. The maximum Gasteiger partial charge on any atom is 0.257 e. The number of aryl methyl sites for hydroxylation is 1. The van der Waals surface area contributed by atoms with Gasteiger partial charge in [0.1, 0.15) is 0 Å². The second kappa shape index (κ2) is 6.61. The van der Waals surface area contributed by atoms with E-state index >= 15 is 0 Å². The summed E-state index contributed by atoms with van der Waals surface area (Å²) in [5.74, 6) is -0.225. The van der Waals surface area contributed by atoms with Crippen LogP contribution in [0, 0.1) is 6.92 Å². The van der Waals surface area contributed by atoms with Crippen molar-refractivity contribution >= 4 is 34.1 Å².